The summed E-state index contributed by atoms with van der Waals surface area (Å²) in [5.74, 6) is -0.801. The van der Waals surface area contributed by atoms with Crippen molar-refractivity contribution in [1.29, 1.82) is 0 Å². The first kappa shape index (κ1) is 16.7. The van der Waals surface area contributed by atoms with Gasteiger partial charge in [0.15, 0.2) is 6.29 Å². The molecule has 120 valence electrons. The Hall–Kier alpha value is -2.62. The number of hydrogen-bond acceptors (Lipinski definition) is 3. The van der Waals surface area contributed by atoms with E-state index in [2.05, 4.69) is 4.90 Å². The number of benzene rings is 2. The molecule has 2 aromatic carbocycles. The molecule has 2 aromatic rings. The lowest BCUT2D eigenvalue weighted by molar-refractivity contribution is -0.137. The number of carboxylic acid groups (broad SMARTS) is 1. The van der Waals surface area contributed by atoms with E-state index < -0.39 is 5.97 Å². The Balaban J connectivity index is 2.26. The third-order valence-corrected chi connectivity index (χ3v) is 3.69. The molecule has 0 atom stereocenters. The summed E-state index contributed by atoms with van der Waals surface area (Å²) in [5, 5.41) is 8.86. The van der Waals surface area contributed by atoms with Crippen molar-refractivity contribution in [3.05, 3.63) is 65.2 Å². The molecular formula is C19H21NO3. The largest absolute Gasteiger partial charge is 0.481 e. The molecule has 0 heterocycles. The third kappa shape index (κ3) is 4.95. The van der Waals surface area contributed by atoms with E-state index >= 15 is 0 Å². The third-order valence-electron chi connectivity index (χ3n) is 3.69. The molecule has 1 N–H and O–H groups in total. The standard InChI is InChI=1S/C19H21NO3/c1-15-9-10-17(14-21)18(12-15)20(11-5-8-19(22)23)13-16-6-3-2-4-7-16/h2-4,6-7,9-10,12,14H,5,8,11,13H2,1H3,(H,22,23). The Morgan fingerprint density at radius 1 is 1.17 bits per heavy atom. The Labute approximate surface area is 136 Å². The van der Waals surface area contributed by atoms with E-state index in [-0.39, 0.29) is 6.42 Å². The van der Waals surface area contributed by atoms with Gasteiger partial charge < -0.3 is 10.0 Å². The van der Waals surface area contributed by atoms with Gasteiger partial charge in [-0.15, -0.1) is 0 Å². The van der Waals surface area contributed by atoms with E-state index in [0.29, 0.717) is 25.1 Å². The first-order valence-electron chi connectivity index (χ1n) is 7.66. The van der Waals surface area contributed by atoms with Crippen LogP contribution in [0.3, 0.4) is 0 Å². The second-order valence-electron chi connectivity index (χ2n) is 5.58. The average Bonchev–Trinajstić information content (AvgIpc) is 2.54. The van der Waals surface area contributed by atoms with Gasteiger partial charge in [0.25, 0.3) is 0 Å². The Morgan fingerprint density at radius 2 is 1.91 bits per heavy atom. The van der Waals surface area contributed by atoms with Crippen LogP contribution >= 0.6 is 0 Å². The summed E-state index contributed by atoms with van der Waals surface area (Å²) in [6.45, 7) is 3.21. The molecule has 0 bridgehead atoms. The fourth-order valence-electron chi connectivity index (χ4n) is 2.54. The molecule has 4 nitrogen and oxygen atoms in total. The number of hydrogen-bond donors (Lipinski definition) is 1. The number of carbonyl (C=O) groups is 2. The fraction of sp³-hybridized carbons (Fsp3) is 0.263. The highest BCUT2D eigenvalue weighted by Crippen LogP contribution is 2.23. The van der Waals surface area contributed by atoms with Crippen LogP contribution in [-0.4, -0.2) is 23.9 Å². The Kier molecular flexibility index (Phi) is 5.92. The van der Waals surface area contributed by atoms with E-state index in [1.165, 1.54) is 0 Å². The number of carbonyl (C=O) groups excluding carboxylic acids is 1. The lowest BCUT2D eigenvalue weighted by Crippen LogP contribution is -2.25. The van der Waals surface area contributed by atoms with Gasteiger partial charge in [0.1, 0.15) is 0 Å². The van der Waals surface area contributed by atoms with Gasteiger partial charge >= 0.3 is 5.97 Å². The van der Waals surface area contributed by atoms with Crippen molar-refractivity contribution in [2.75, 3.05) is 11.4 Å². The summed E-state index contributed by atoms with van der Waals surface area (Å²) in [4.78, 5) is 24.2. The summed E-state index contributed by atoms with van der Waals surface area (Å²) in [6.07, 6.45) is 1.51. The minimum Gasteiger partial charge on any atom is -0.481 e. The zero-order valence-corrected chi connectivity index (χ0v) is 13.2. The maximum atomic E-state index is 11.4. The van der Waals surface area contributed by atoms with Crippen LogP contribution in [-0.2, 0) is 11.3 Å². The van der Waals surface area contributed by atoms with E-state index in [4.69, 9.17) is 5.11 Å². The van der Waals surface area contributed by atoms with Crippen LogP contribution < -0.4 is 4.90 Å². The molecule has 0 aliphatic heterocycles. The van der Waals surface area contributed by atoms with Crippen LogP contribution in [0.2, 0.25) is 0 Å². The predicted molar refractivity (Wildman–Crippen MR) is 90.9 cm³/mol. The summed E-state index contributed by atoms with van der Waals surface area (Å²) >= 11 is 0. The van der Waals surface area contributed by atoms with Gasteiger partial charge in [-0.1, -0.05) is 36.4 Å². The molecule has 23 heavy (non-hydrogen) atoms. The molecule has 0 saturated carbocycles. The van der Waals surface area contributed by atoms with Crippen LogP contribution in [0.15, 0.2) is 48.5 Å². The molecule has 0 saturated heterocycles. The summed E-state index contributed by atoms with van der Waals surface area (Å²) in [6, 6.07) is 15.7. The minimum absolute atomic E-state index is 0.119. The van der Waals surface area contributed by atoms with Gasteiger partial charge in [-0.25, -0.2) is 0 Å². The van der Waals surface area contributed by atoms with Crippen molar-refractivity contribution >= 4 is 17.9 Å². The van der Waals surface area contributed by atoms with Gasteiger partial charge in [-0.05, 0) is 36.6 Å². The highest BCUT2D eigenvalue weighted by atomic mass is 16.4. The van der Waals surface area contributed by atoms with Gasteiger partial charge in [-0.3, -0.25) is 9.59 Å². The SMILES string of the molecule is Cc1ccc(C=O)c(N(CCCC(=O)O)Cc2ccccc2)c1. The molecule has 0 fully saturated rings. The smallest absolute Gasteiger partial charge is 0.303 e. The van der Waals surface area contributed by atoms with Crippen molar-refractivity contribution in [3.8, 4) is 0 Å². The number of aldehydes is 1. The lowest BCUT2D eigenvalue weighted by Gasteiger charge is -2.26. The van der Waals surface area contributed by atoms with Gasteiger partial charge in [0.2, 0.25) is 0 Å². The predicted octanol–water partition coefficient (Wildman–Crippen LogP) is 3.68. The number of rotatable bonds is 8. The number of anilines is 1. The highest BCUT2D eigenvalue weighted by Gasteiger charge is 2.13. The molecule has 0 unspecified atom stereocenters. The van der Waals surface area contributed by atoms with Gasteiger partial charge in [-0.2, -0.15) is 0 Å². The maximum Gasteiger partial charge on any atom is 0.303 e. The van der Waals surface area contributed by atoms with Crippen LogP contribution in [0.1, 0.15) is 34.3 Å². The zero-order chi connectivity index (χ0) is 16.7. The van der Waals surface area contributed by atoms with Crippen molar-refractivity contribution in [1.82, 2.24) is 0 Å². The topological polar surface area (TPSA) is 57.6 Å². The maximum absolute atomic E-state index is 11.4. The van der Waals surface area contributed by atoms with E-state index in [1.807, 2.05) is 55.5 Å². The minimum atomic E-state index is -0.801. The molecule has 4 heteroatoms. The van der Waals surface area contributed by atoms with Gasteiger partial charge in [0, 0.05) is 30.8 Å². The fourth-order valence-corrected chi connectivity index (χ4v) is 2.54. The Bertz CT molecular complexity index is 668. The molecular weight excluding hydrogens is 290 g/mol. The summed E-state index contributed by atoms with van der Waals surface area (Å²) in [5.41, 5.74) is 3.68. The summed E-state index contributed by atoms with van der Waals surface area (Å²) < 4.78 is 0. The van der Waals surface area contributed by atoms with Crippen molar-refractivity contribution in [3.63, 3.8) is 0 Å². The van der Waals surface area contributed by atoms with Crippen LogP contribution in [0, 0.1) is 6.92 Å². The van der Waals surface area contributed by atoms with E-state index in [1.54, 1.807) is 0 Å². The van der Waals surface area contributed by atoms with Crippen LogP contribution in [0.5, 0.6) is 0 Å². The molecule has 0 amide bonds. The second-order valence-corrected chi connectivity index (χ2v) is 5.58. The number of aliphatic carboxylic acids is 1. The quantitative estimate of drug-likeness (QED) is 0.756. The first-order valence-corrected chi connectivity index (χ1v) is 7.66. The van der Waals surface area contributed by atoms with E-state index in [0.717, 1.165) is 23.1 Å². The molecule has 0 radical (unpaired) electrons. The molecule has 0 aliphatic rings. The second kappa shape index (κ2) is 8.13. The van der Waals surface area contributed by atoms with Crippen LogP contribution in [0.25, 0.3) is 0 Å². The molecule has 0 aliphatic carbocycles. The molecule has 0 aromatic heterocycles. The number of aryl methyl sites for hydroxylation is 1. The number of nitrogens with zero attached hydrogens (tertiary/aromatic N) is 1. The average molecular weight is 311 g/mol. The van der Waals surface area contributed by atoms with Crippen molar-refractivity contribution < 1.29 is 14.7 Å². The monoisotopic (exact) mass is 311 g/mol. The van der Waals surface area contributed by atoms with Gasteiger partial charge in [0.05, 0.1) is 0 Å². The first-order chi connectivity index (χ1) is 11.1. The van der Waals surface area contributed by atoms with Crippen molar-refractivity contribution in [2.24, 2.45) is 0 Å². The lowest BCUT2D eigenvalue weighted by atomic mass is 10.1. The zero-order valence-electron chi connectivity index (χ0n) is 13.2. The summed E-state index contributed by atoms with van der Waals surface area (Å²) in [7, 11) is 0. The molecule has 0 spiro atoms. The van der Waals surface area contributed by atoms with E-state index in [9.17, 15) is 9.59 Å². The Morgan fingerprint density at radius 3 is 2.57 bits per heavy atom. The molecule has 2 rings (SSSR count). The number of carboxylic acids is 1. The van der Waals surface area contributed by atoms with Crippen LogP contribution in [0.4, 0.5) is 5.69 Å². The normalized spacial score (nSPS) is 10.3. The highest BCUT2D eigenvalue weighted by molar-refractivity contribution is 5.85. The van der Waals surface area contributed by atoms with Crippen molar-refractivity contribution in [2.45, 2.75) is 26.3 Å².